The van der Waals surface area contributed by atoms with Gasteiger partial charge in [-0.2, -0.15) is 0 Å². The van der Waals surface area contributed by atoms with Crippen molar-refractivity contribution in [3.8, 4) is 11.3 Å². The number of benzene rings is 2. The van der Waals surface area contributed by atoms with Crippen LogP contribution in [0.3, 0.4) is 0 Å². The van der Waals surface area contributed by atoms with Crippen LogP contribution in [0.25, 0.3) is 22.2 Å². The molecular weight excluding hydrogens is 288 g/mol. The summed E-state index contributed by atoms with van der Waals surface area (Å²) in [6.07, 6.45) is 0.790. The van der Waals surface area contributed by atoms with Gasteiger partial charge in [-0.15, -0.1) is 0 Å². The maximum atomic E-state index is 12.7. The Morgan fingerprint density at radius 1 is 1.00 bits per heavy atom. The molecule has 0 bridgehead atoms. The molecule has 1 heterocycles. The van der Waals surface area contributed by atoms with Crippen molar-refractivity contribution in [2.45, 2.75) is 13.3 Å². The average Bonchev–Trinajstić information content (AvgIpc) is 2.99. The van der Waals surface area contributed by atoms with E-state index in [1.165, 1.54) is 0 Å². The van der Waals surface area contributed by atoms with Gasteiger partial charge in [0.05, 0.1) is 11.3 Å². The summed E-state index contributed by atoms with van der Waals surface area (Å²) in [5, 5.41) is 3.43. The Balaban J connectivity index is 2.14. The third-order valence-corrected chi connectivity index (χ3v) is 3.74. The fourth-order valence-electron chi connectivity index (χ4n) is 2.63. The molecule has 4 nitrogen and oxygen atoms in total. The highest BCUT2D eigenvalue weighted by Crippen LogP contribution is 2.30. The molecule has 23 heavy (non-hydrogen) atoms. The van der Waals surface area contributed by atoms with E-state index >= 15 is 0 Å². The SMILES string of the molecule is CCCNC(=O)C(=O)c1c(-c2ccccc2)[nH]c2ccccc12. The fraction of sp³-hybridized carbons (Fsp3) is 0.158. The highest BCUT2D eigenvalue weighted by molar-refractivity contribution is 6.46. The van der Waals surface area contributed by atoms with Gasteiger partial charge in [-0.25, -0.2) is 0 Å². The number of hydrogen-bond acceptors (Lipinski definition) is 2. The van der Waals surface area contributed by atoms with Crippen molar-refractivity contribution in [3.63, 3.8) is 0 Å². The van der Waals surface area contributed by atoms with Gasteiger partial charge < -0.3 is 10.3 Å². The van der Waals surface area contributed by atoms with Crippen LogP contribution in [0.2, 0.25) is 0 Å². The second-order valence-electron chi connectivity index (χ2n) is 5.37. The van der Waals surface area contributed by atoms with Gasteiger partial charge in [0.2, 0.25) is 0 Å². The molecule has 0 radical (unpaired) electrons. The first-order chi connectivity index (χ1) is 11.2. The maximum Gasteiger partial charge on any atom is 0.292 e. The predicted octanol–water partition coefficient (Wildman–Crippen LogP) is 3.54. The van der Waals surface area contributed by atoms with Crippen LogP contribution >= 0.6 is 0 Å². The van der Waals surface area contributed by atoms with Gasteiger partial charge in [0.25, 0.3) is 11.7 Å². The third-order valence-electron chi connectivity index (χ3n) is 3.74. The standard InChI is InChI=1S/C19H18N2O2/c1-2-12-20-19(23)18(22)16-14-10-6-7-11-15(14)21-17(16)13-8-4-3-5-9-13/h3-11,21H,2,12H2,1H3,(H,20,23). The second kappa shape index (κ2) is 6.48. The van der Waals surface area contributed by atoms with Crippen LogP contribution in [0, 0.1) is 0 Å². The summed E-state index contributed by atoms with van der Waals surface area (Å²) in [4.78, 5) is 28.1. The Kier molecular flexibility index (Phi) is 4.24. The molecule has 4 heteroatoms. The van der Waals surface area contributed by atoms with Crippen molar-refractivity contribution in [1.82, 2.24) is 10.3 Å². The van der Waals surface area contributed by atoms with Crippen LogP contribution in [0.4, 0.5) is 0 Å². The van der Waals surface area contributed by atoms with E-state index < -0.39 is 11.7 Å². The molecule has 1 amide bonds. The van der Waals surface area contributed by atoms with Crippen LogP contribution in [0.5, 0.6) is 0 Å². The lowest BCUT2D eigenvalue weighted by atomic mass is 10.0. The summed E-state index contributed by atoms with van der Waals surface area (Å²) in [5.74, 6) is -1.07. The maximum absolute atomic E-state index is 12.7. The number of carbonyl (C=O) groups is 2. The minimum Gasteiger partial charge on any atom is -0.354 e. The molecule has 2 N–H and O–H groups in total. The number of aromatic nitrogens is 1. The zero-order valence-electron chi connectivity index (χ0n) is 12.9. The Morgan fingerprint density at radius 3 is 2.43 bits per heavy atom. The van der Waals surface area contributed by atoms with E-state index in [4.69, 9.17) is 0 Å². The number of fused-ring (bicyclic) bond motifs is 1. The normalized spacial score (nSPS) is 10.7. The lowest BCUT2D eigenvalue weighted by Gasteiger charge is -2.05. The van der Waals surface area contributed by atoms with E-state index in [1.54, 1.807) is 0 Å². The summed E-state index contributed by atoms with van der Waals surface area (Å²) in [6, 6.07) is 17.1. The molecule has 116 valence electrons. The van der Waals surface area contributed by atoms with Crippen molar-refractivity contribution in [3.05, 3.63) is 60.2 Å². The zero-order valence-corrected chi connectivity index (χ0v) is 12.9. The number of amides is 1. The minimum atomic E-state index is -0.561. The number of nitrogens with one attached hydrogen (secondary N) is 2. The van der Waals surface area contributed by atoms with Crippen LogP contribution in [-0.4, -0.2) is 23.2 Å². The second-order valence-corrected chi connectivity index (χ2v) is 5.37. The average molecular weight is 306 g/mol. The van der Waals surface area contributed by atoms with Crippen LogP contribution in [-0.2, 0) is 4.79 Å². The van der Waals surface area contributed by atoms with Gasteiger partial charge in [0.1, 0.15) is 0 Å². The molecule has 0 aliphatic carbocycles. The van der Waals surface area contributed by atoms with Gasteiger partial charge in [0, 0.05) is 17.4 Å². The number of Topliss-reactive ketones (excluding diaryl/α,β-unsaturated/α-hetero) is 1. The van der Waals surface area contributed by atoms with Crippen molar-refractivity contribution < 1.29 is 9.59 Å². The number of para-hydroxylation sites is 1. The van der Waals surface area contributed by atoms with E-state index in [1.807, 2.05) is 61.5 Å². The van der Waals surface area contributed by atoms with Gasteiger partial charge in [-0.05, 0) is 18.1 Å². The molecule has 0 aliphatic heterocycles. The van der Waals surface area contributed by atoms with Gasteiger partial charge in [-0.3, -0.25) is 9.59 Å². The van der Waals surface area contributed by atoms with Gasteiger partial charge in [-0.1, -0.05) is 55.5 Å². The number of carbonyl (C=O) groups excluding carboxylic acids is 2. The summed E-state index contributed by atoms with van der Waals surface area (Å²) >= 11 is 0. The number of aromatic amines is 1. The molecule has 3 aromatic rings. The molecular formula is C19H18N2O2. The molecule has 2 aromatic carbocycles. The molecule has 0 saturated heterocycles. The number of ketones is 1. The summed E-state index contributed by atoms with van der Waals surface area (Å²) < 4.78 is 0. The Morgan fingerprint density at radius 2 is 1.70 bits per heavy atom. The Labute approximate surface area is 134 Å². The lowest BCUT2D eigenvalue weighted by molar-refractivity contribution is -0.116. The summed E-state index contributed by atoms with van der Waals surface area (Å²) in [5.41, 5.74) is 2.84. The lowest BCUT2D eigenvalue weighted by Crippen LogP contribution is -2.31. The monoisotopic (exact) mass is 306 g/mol. The van der Waals surface area contributed by atoms with Crippen LogP contribution < -0.4 is 5.32 Å². The van der Waals surface area contributed by atoms with E-state index in [9.17, 15) is 9.59 Å². The van der Waals surface area contributed by atoms with Crippen molar-refractivity contribution in [2.24, 2.45) is 0 Å². The van der Waals surface area contributed by atoms with Crippen molar-refractivity contribution in [2.75, 3.05) is 6.54 Å². The fourth-order valence-corrected chi connectivity index (χ4v) is 2.63. The molecule has 1 aromatic heterocycles. The molecule has 0 fully saturated rings. The van der Waals surface area contributed by atoms with E-state index in [0.717, 1.165) is 22.9 Å². The number of hydrogen-bond donors (Lipinski definition) is 2. The quantitative estimate of drug-likeness (QED) is 0.559. The van der Waals surface area contributed by atoms with Crippen molar-refractivity contribution in [1.29, 1.82) is 0 Å². The molecule has 3 rings (SSSR count). The Bertz CT molecular complexity index is 850. The number of rotatable bonds is 5. The van der Waals surface area contributed by atoms with E-state index in [0.29, 0.717) is 17.8 Å². The highest BCUT2D eigenvalue weighted by Gasteiger charge is 2.24. The molecule has 0 atom stereocenters. The summed E-state index contributed by atoms with van der Waals surface area (Å²) in [6.45, 7) is 2.44. The third kappa shape index (κ3) is 2.88. The van der Waals surface area contributed by atoms with Gasteiger partial charge in [0.15, 0.2) is 0 Å². The molecule has 0 aliphatic rings. The zero-order chi connectivity index (χ0) is 16.2. The Hall–Kier alpha value is -2.88. The molecule has 0 spiro atoms. The smallest absolute Gasteiger partial charge is 0.292 e. The topological polar surface area (TPSA) is 62.0 Å². The van der Waals surface area contributed by atoms with Gasteiger partial charge >= 0.3 is 0 Å². The summed E-state index contributed by atoms with van der Waals surface area (Å²) in [7, 11) is 0. The predicted molar refractivity (Wildman–Crippen MR) is 91.4 cm³/mol. The highest BCUT2D eigenvalue weighted by atomic mass is 16.2. The van der Waals surface area contributed by atoms with E-state index in [-0.39, 0.29) is 0 Å². The number of H-pyrrole nitrogens is 1. The largest absolute Gasteiger partial charge is 0.354 e. The first-order valence-corrected chi connectivity index (χ1v) is 7.71. The van der Waals surface area contributed by atoms with Crippen molar-refractivity contribution >= 4 is 22.6 Å². The van der Waals surface area contributed by atoms with Crippen LogP contribution in [0.15, 0.2) is 54.6 Å². The first kappa shape index (κ1) is 15.0. The first-order valence-electron chi connectivity index (χ1n) is 7.71. The minimum absolute atomic E-state index is 0.431. The molecule has 0 saturated carbocycles. The van der Waals surface area contributed by atoms with E-state index in [2.05, 4.69) is 10.3 Å². The van der Waals surface area contributed by atoms with Crippen LogP contribution in [0.1, 0.15) is 23.7 Å². The molecule has 0 unspecified atom stereocenters.